The Morgan fingerprint density at radius 3 is 2.71 bits per heavy atom. The van der Waals surface area contributed by atoms with E-state index in [1.54, 1.807) is 17.8 Å². The van der Waals surface area contributed by atoms with E-state index < -0.39 is 11.8 Å². The molecular formula is C21H26FN5O4. The predicted octanol–water partition coefficient (Wildman–Crippen LogP) is 1.87. The van der Waals surface area contributed by atoms with Gasteiger partial charge < -0.3 is 14.7 Å². The van der Waals surface area contributed by atoms with Crippen molar-refractivity contribution in [2.45, 2.75) is 38.4 Å². The van der Waals surface area contributed by atoms with Crippen LogP contribution < -0.4 is 15.1 Å². The smallest absolute Gasteiger partial charge is 0.329 e. The van der Waals surface area contributed by atoms with Gasteiger partial charge in [0.1, 0.15) is 5.82 Å². The molecule has 10 heteroatoms. The van der Waals surface area contributed by atoms with Gasteiger partial charge in [-0.3, -0.25) is 19.7 Å². The summed E-state index contributed by atoms with van der Waals surface area (Å²) >= 11 is 0. The van der Waals surface area contributed by atoms with Crippen molar-refractivity contribution < 1.29 is 23.8 Å². The summed E-state index contributed by atoms with van der Waals surface area (Å²) in [6, 6.07) is 2.61. The van der Waals surface area contributed by atoms with E-state index in [1.807, 2.05) is 11.8 Å². The lowest BCUT2D eigenvalue weighted by Crippen LogP contribution is -2.69. The van der Waals surface area contributed by atoms with Crippen LogP contribution >= 0.6 is 0 Å². The minimum absolute atomic E-state index is 0.0278. The second-order valence-corrected chi connectivity index (χ2v) is 9.03. The Morgan fingerprint density at radius 1 is 1.29 bits per heavy atom. The van der Waals surface area contributed by atoms with E-state index in [4.69, 9.17) is 4.74 Å². The Balaban J connectivity index is 1.36. The summed E-state index contributed by atoms with van der Waals surface area (Å²) in [7, 11) is 1.75. The molecule has 5 rings (SSSR count). The number of ether oxygens (including phenoxy) is 1. The Kier molecular flexibility index (Phi) is 4.49. The monoisotopic (exact) mass is 431 g/mol. The second kappa shape index (κ2) is 6.89. The van der Waals surface area contributed by atoms with Crippen molar-refractivity contribution in [1.82, 2.24) is 15.1 Å². The molecule has 1 aromatic carbocycles. The molecule has 1 aromatic heterocycles. The van der Waals surface area contributed by atoms with Crippen LogP contribution in [0.3, 0.4) is 0 Å². The van der Waals surface area contributed by atoms with Crippen LogP contribution in [0.4, 0.5) is 20.7 Å². The molecule has 31 heavy (non-hydrogen) atoms. The van der Waals surface area contributed by atoms with Gasteiger partial charge in [0.05, 0.1) is 11.2 Å². The van der Waals surface area contributed by atoms with E-state index in [-0.39, 0.29) is 30.1 Å². The molecule has 2 N–H and O–H groups in total. The normalized spacial score (nSPS) is 21.9. The molecular weight excluding hydrogens is 405 g/mol. The summed E-state index contributed by atoms with van der Waals surface area (Å²) in [6.45, 7) is 4.07. The number of halogens is 1. The van der Waals surface area contributed by atoms with E-state index in [1.165, 1.54) is 11.0 Å². The lowest BCUT2D eigenvalue weighted by Gasteiger charge is -2.62. The van der Waals surface area contributed by atoms with Crippen LogP contribution in [0.1, 0.15) is 32.6 Å². The van der Waals surface area contributed by atoms with E-state index in [0.29, 0.717) is 54.9 Å². The van der Waals surface area contributed by atoms with Gasteiger partial charge in [-0.15, -0.1) is 0 Å². The number of hydrogen-bond donors (Lipinski definition) is 2. The molecule has 2 aromatic rings. The van der Waals surface area contributed by atoms with Gasteiger partial charge in [0, 0.05) is 63.4 Å². The number of amides is 3. The summed E-state index contributed by atoms with van der Waals surface area (Å²) in [5, 5.41) is 17.6. The highest BCUT2D eigenvalue weighted by atomic mass is 19.1. The van der Waals surface area contributed by atoms with Crippen molar-refractivity contribution in [2.75, 3.05) is 36.0 Å². The van der Waals surface area contributed by atoms with E-state index in [2.05, 4.69) is 10.4 Å². The van der Waals surface area contributed by atoms with Gasteiger partial charge in [0.15, 0.2) is 11.6 Å². The molecule has 2 saturated heterocycles. The quantitative estimate of drug-likeness (QED) is 0.702. The number of hydrogen-bond acceptors (Lipinski definition) is 6. The van der Waals surface area contributed by atoms with Crippen LogP contribution in [-0.2, 0) is 16.6 Å². The first-order valence-electron chi connectivity index (χ1n) is 10.6. The number of nitrogens with one attached hydrogen (secondary N) is 1. The average Bonchev–Trinajstić information content (AvgIpc) is 2.97. The maximum absolute atomic E-state index is 15.1. The summed E-state index contributed by atoms with van der Waals surface area (Å²) in [4.78, 5) is 27.0. The van der Waals surface area contributed by atoms with Crippen LogP contribution in [-0.4, -0.2) is 58.9 Å². The summed E-state index contributed by atoms with van der Waals surface area (Å²) in [5.41, 5.74) is 1.16. The van der Waals surface area contributed by atoms with Gasteiger partial charge in [-0.1, -0.05) is 6.92 Å². The minimum Gasteiger partial charge on any atom is -0.368 e. The van der Waals surface area contributed by atoms with Crippen LogP contribution in [0, 0.1) is 11.2 Å². The van der Waals surface area contributed by atoms with Crippen LogP contribution in [0.5, 0.6) is 0 Å². The molecule has 1 saturated carbocycles. The number of nitrogens with zero attached hydrogens (tertiary/aromatic N) is 4. The molecule has 0 unspecified atom stereocenters. The van der Waals surface area contributed by atoms with Crippen molar-refractivity contribution in [3.8, 4) is 0 Å². The molecule has 1 aliphatic carbocycles. The maximum atomic E-state index is 15.1. The van der Waals surface area contributed by atoms with E-state index in [0.717, 1.165) is 6.42 Å². The highest BCUT2D eigenvalue weighted by Gasteiger charge is 2.60. The number of benzene rings is 1. The molecule has 3 aliphatic rings. The molecule has 0 atom stereocenters. The van der Waals surface area contributed by atoms with E-state index >= 15 is 4.39 Å². The number of aromatic nitrogens is 2. The maximum Gasteiger partial charge on any atom is 0.329 e. The summed E-state index contributed by atoms with van der Waals surface area (Å²) < 4.78 is 22.2. The minimum atomic E-state index is -1.04. The lowest BCUT2D eigenvalue weighted by molar-refractivity contribution is -0.298. The number of rotatable bonds is 5. The number of anilines is 2. The standard InChI is InChI=1S/C21H26FN5O4/c1-3-6-31-21(30)9-20(10-21)11-26(12-20)16-8-15-13(7-14(16)22)18(24-25(15)2)27-5-4-17(28)23-19(27)29/h7-8,30H,3-6,9-12H2,1-2H3,(H,23,28,29). The number of carbonyl (C=O) groups excluding carboxylic acids is 2. The highest BCUT2D eigenvalue weighted by Crippen LogP contribution is 2.55. The molecule has 9 nitrogen and oxygen atoms in total. The third kappa shape index (κ3) is 3.25. The summed E-state index contributed by atoms with van der Waals surface area (Å²) in [6.07, 6.45) is 2.17. The predicted molar refractivity (Wildman–Crippen MR) is 111 cm³/mol. The van der Waals surface area contributed by atoms with Crippen molar-refractivity contribution in [1.29, 1.82) is 0 Å². The molecule has 2 aliphatic heterocycles. The number of aliphatic hydroxyl groups is 1. The Hall–Kier alpha value is -2.72. The second-order valence-electron chi connectivity index (χ2n) is 9.03. The van der Waals surface area contributed by atoms with Gasteiger partial charge in [-0.25, -0.2) is 9.18 Å². The van der Waals surface area contributed by atoms with Gasteiger partial charge in [-0.2, -0.15) is 5.10 Å². The fraction of sp³-hybridized carbons (Fsp3) is 0.571. The number of urea groups is 1. The first-order valence-corrected chi connectivity index (χ1v) is 10.6. The number of carbonyl (C=O) groups is 2. The third-order valence-electron chi connectivity index (χ3n) is 6.48. The fourth-order valence-corrected chi connectivity index (χ4v) is 5.13. The van der Waals surface area contributed by atoms with Gasteiger partial charge in [-0.05, 0) is 18.6 Å². The first kappa shape index (κ1) is 20.2. The topological polar surface area (TPSA) is 99.9 Å². The zero-order valence-electron chi connectivity index (χ0n) is 17.7. The van der Waals surface area contributed by atoms with Crippen LogP contribution in [0.2, 0.25) is 0 Å². The molecule has 1 spiro atoms. The van der Waals surface area contributed by atoms with Crippen molar-refractivity contribution >= 4 is 34.3 Å². The van der Waals surface area contributed by atoms with Crippen LogP contribution in [0.15, 0.2) is 12.1 Å². The fourth-order valence-electron chi connectivity index (χ4n) is 5.13. The summed E-state index contributed by atoms with van der Waals surface area (Å²) in [5.74, 6) is -1.42. The molecule has 3 amide bonds. The third-order valence-corrected chi connectivity index (χ3v) is 6.48. The van der Waals surface area contributed by atoms with Gasteiger partial charge >= 0.3 is 6.03 Å². The number of imide groups is 1. The Labute approximate surface area is 178 Å². The first-order chi connectivity index (χ1) is 14.7. The largest absolute Gasteiger partial charge is 0.368 e. The Bertz CT molecular complexity index is 1070. The number of aryl methyl sites for hydroxylation is 1. The molecule has 0 bridgehead atoms. The van der Waals surface area contributed by atoms with E-state index in [9.17, 15) is 14.7 Å². The van der Waals surface area contributed by atoms with Crippen molar-refractivity contribution in [2.24, 2.45) is 12.5 Å². The lowest BCUT2D eigenvalue weighted by atomic mass is 9.59. The number of fused-ring (bicyclic) bond motifs is 1. The Morgan fingerprint density at radius 2 is 2.03 bits per heavy atom. The van der Waals surface area contributed by atoms with Crippen LogP contribution in [0.25, 0.3) is 10.9 Å². The zero-order chi connectivity index (χ0) is 22.0. The molecule has 3 heterocycles. The highest BCUT2D eigenvalue weighted by molar-refractivity contribution is 6.09. The zero-order valence-corrected chi connectivity index (χ0v) is 17.7. The van der Waals surface area contributed by atoms with Gasteiger partial charge in [0.25, 0.3) is 0 Å². The molecule has 0 radical (unpaired) electrons. The average molecular weight is 431 g/mol. The molecule has 166 valence electrons. The van der Waals surface area contributed by atoms with Crippen molar-refractivity contribution in [3.05, 3.63) is 17.9 Å². The molecule has 3 fully saturated rings. The van der Waals surface area contributed by atoms with Gasteiger partial charge in [0.2, 0.25) is 5.91 Å². The van der Waals surface area contributed by atoms with Crippen molar-refractivity contribution in [3.63, 3.8) is 0 Å². The SMILES string of the molecule is CCCOC1(O)CC2(CN(c3cc4c(cc3F)c(N3CCC(=O)NC3=O)nn4C)C2)C1.